The molecule has 4 nitrogen and oxygen atoms in total. The molecule has 1 aromatic heterocycles. The fourth-order valence-electron chi connectivity index (χ4n) is 9.24. The Morgan fingerprint density at radius 1 is 0.630 bits per heavy atom. The van der Waals surface area contributed by atoms with Gasteiger partial charge in [0.05, 0.1) is 29.6 Å². The van der Waals surface area contributed by atoms with Crippen molar-refractivity contribution in [3.63, 3.8) is 0 Å². The molecule has 0 amide bonds. The summed E-state index contributed by atoms with van der Waals surface area (Å²) in [4.78, 5) is 5.19. The van der Waals surface area contributed by atoms with Gasteiger partial charge in [-0.2, -0.15) is 0 Å². The van der Waals surface area contributed by atoms with Gasteiger partial charge in [0.2, 0.25) is 0 Å². The predicted octanol–water partition coefficient (Wildman–Crippen LogP) is 11.3. The van der Waals surface area contributed by atoms with Gasteiger partial charge in [-0.15, -0.1) is 11.3 Å². The third-order valence-electron chi connectivity index (χ3n) is 11.8. The SMILES string of the molecule is Cc1cc2c3c(c1)N(c1c(C)cc(C(C)(C)C)cc1C)c1sc4ccccc4c1B3c1cc(C(C)(C)C)ccc1N2c1c(C)cc2c(c1C)OCCCO2. The number of rotatable bonds is 2. The van der Waals surface area contributed by atoms with Crippen LogP contribution in [0.4, 0.5) is 33.4 Å². The van der Waals surface area contributed by atoms with Crippen molar-refractivity contribution in [2.45, 2.75) is 93.4 Å². The highest BCUT2D eigenvalue weighted by atomic mass is 32.1. The largest absolute Gasteiger partial charge is 0.490 e. The van der Waals surface area contributed by atoms with Crippen molar-refractivity contribution in [3.8, 4) is 11.5 Å². The van der Waals surface area contributed by atoms with E-state index in [0.29, 0.717) is 13.2 Å². The summed E-state index contributed by atoms with van der Waals surface area (Å²) in [6.07, 6.45) is 0.875. The van der Waals surface area contributed by atoms with Crippen LogP contribution in [-0.4, -0.2) is 19.9 Å². The molecule has 0 unspecified atom stereocenters. The van der Waals surface area contributed by atoms with E-state index in [-0.39, 0.29) is 17.5 Å². The molecule has 5 aromatic carbocycles. The van der Waals surface area contributed by atoms with Crippen LogP contribution in [0.1, 0.15) is 86.9 Å². The summed E-state index contributed by atoms with van der Waals surface area (Å²) < 4.78 is 14.1. The molecule has 0 aliphatic carbocycles. The zero-order valence-corrected chi connectivity index (χ0v) is 34.6. The van der Waals surface area contributed by atoms with Crippen LogP contribution in [0.5, 0.6) is 11.5 Å². The van der Waals surface area contributed by atoms with E-state index in [9.17, 15) is 0 Å². The molecule has 4 heterocycles. The number of aryl methyl sites for hydroxylation is 4. The lowest BCUT2D eigenvalue weighted by Crippen LogP contribution is -2.61. The molecule has 9 rings (SSSR count). The Labute approximate surface area is 325 Å². The lowest BCUT2D eigenvalue weighted by Gasteiger charge is -2.45. The predicted molar refractivity (Wildman–Crippen MR) is 233 cm³/mol. The molecule has 0 spiro atoms. The third-order valence-corrected chi connectivity index (χ3v) is 13.0. The maximum atomic E-state index is 6.47. The van der Waals surface area contributed by atoms with Crippen LogP contribution in [0.3, 0.4) is 0 Å². The minimum atomic E-state index is -0.0133. The Bertz CT molecular complexity index is 2510. The first kappa shape index (κ1) is 35.1. The van der Waals surface area contributed by atoms with Crippen molar-refractivity contribution in [3.05, 3.63) is 112 Å². The fourth-order valence-corrected chi connectivity index (χ4v) is 10.5. The summed E-state index contributed by atoms with van der Waals surface area (Å²) in [5.41, 5.74) is 19.2. The first-order chi connectivity index (χ1) is 25.6. The quantitative estimate of drug-likeness (QED) is 0.165. The first-order valence-corrected chi connectivity index (χ1v) is 20.4. The van der Waals surface area contributed by atoms with Gasteiger partial charge in [-0.25, -0.2) is 0 Å². The Morgan fingerprint density at radius 2 is 1.28 bits per heavy atom. The second-order valence-electron chi connectivity index (χ2n) is 17.9. The van der Waals surface area contributed by atoms with Crippen LogP contribution in [0.2, 0.25) is 0 Å². The van der Waals surface area contributed by atoms with Crippen LogP contribution in [0.15, 0.2) is 72.8 Å². The average molecular weight is 731 g/mol. The Kier molecular flexibility index (Phi) is 7.90. The summed E-state index contributed by atoms with van der Waals surface area (Å²) in [7, 11) is 0. The minimum absolute atomic E-state index is 0.0133. The molecule has 274 valence electrons. The van der Waals surface area contributed by atoms with Crippen molar-refractivity contribution < 1.29 is 9.47 Å². The molecule has 0 saturated heterocycles. The first-order valence-electron chi connectivity index (χ1n) is 19.6. The van der Waals surface area contributed by atoms with E-state index in [1.165, 1.54) is 93.3 Å². The van der Waals surface area contributed by atoms with Crippen molar-refractivity contribution in [2.24, 2.45) is 0 Å². The van der Waals surface area contributed by atoms with Gasteiger partial charge in [0, 0.05) is 33.7 Å². The molecular formula is C48H51BN2O2S. The maximum absolute atomic E-state index is 6.47. The number of nitrogens with zero attached hydrogens (tertiary/aromatic N) is 2. The minimum Gasteiger partial charge on any atom is -0.490 e. The molecule has 3 aliphatic rings. The zero-order valence-electron chi connectivity index (χ0n) is 33.7. The number of benzene rings is 5. The third kappa shape index (κ3) is 5.23. The molecule has 0 radical (unpaired) electrons. The number of ether oxygens (including phenoxy) is 2. The molecule has 0 N–H and O–H groups in total. The second kappa shape index (κ2) is 12.2. The molecule has 6 heteroatoms. The summed E-state index contributed by atoms with van der Waals surface area (Å²) in [5.74, 6) is 1.71. The van der Waals surface area contributed by atoms with Gasteiger partial charge in [0.1, 0.15) is 0 Å². The van der Waals surface area contributed by atoms with Crippen molar-refractivity contribution in [1.82, 2.24) is 0 Å². The molecule has 3 aliphatic heterocycles. The van der Waals surface area contributed by atoms with Gasteiger partial charge in [-0.3, -0.25) is 0 Å². The van der Waals surface area contributed by atoms with E-state index in [4.69, 9.17) is 9.47 Å². The summed E-state index contributed by atoms with van der Waals surface area (Å²) in [5, 5.41) is 2.67. The van der Waals surface area contributed by atoms with Gasteiger partial charge in [0.15, 0.2) is 11.5 Å². The van der Waals surface area contributed by atoms with E-state index in [2.05, 4.69) is 159 Å². The highest BCUT2D eigenvalue weighted by molar-refractivity contribution is 7.26. The molecule has 0 bridgehead atoms. The standard InChI is InChI=1S/C48H51BN2O2S/c1-27-21-37-42-38(22-27)51(43-28(2)23-33(24-29(43)3)48(9,10)11)46-41(34-15-12-13-16-40(34)54-46)49(42)35-26-32(47(6,7)8)17-18-36(35)50(37)44-30(4)25-39-45(31(44)5)53-20-14-19-52-39/h12-13,15-18,21-26H,14,19-20H2,1-11H3. The zero-order chi connectivity index (χ0) is 38.0. The van der Waals surface area contributed by atoms with E-state index in [1.54, 1.807) is 0 Å². The van der Waals surface area contributed by atoms with Gasteiger partial charge >= 0.3 is 0 Å². The topological polar surface area (TPSA) is 24.9 Å². The van der Waals surface area contributed by atoms with Gasteiger partial charge in [-0.1, -0.05) is 84.0 Å². The Balaban J connectivity index is 1.42. The Morgan fingerprint density at radius 3 is 1.98 bits per heavy atom. The summed E-state index contributed by atoms with van der Waals surface area (Å²) in [6, 6.07) is 28.2. The fraction of sp³-hybridized carbons (Fsp3) is 0.333. The number of thiophene rings is 1. The second-order valence-corrected chi connectivity index (χ2v) is 18.9. The van der Waals surface area contributed by atoms with E-state index in [0.717, 1.165) is 23.5 Å². The molecule has 54 heavy (non-hydrogen) atoms. The number of hydrogen-bond acceptors (Lipinski definition) is 5. The van der Waals surface area contributed by atoms with Gasteiger partial charge in [-0.05, 0) is 131 Å². The van der Waals surface area contributed by atoms with Gasteiger partial charge in [0.25, 0.3) is 6.71 Å². The molecule has 0 atom stereocenters. The molecular weight excluding hydrogens is 679 g/mol. The van der Waals surface area contributed by atoms with Crippen LogP contribution >= 0.6 is 11.3 Å². The van der Waals surface area contributed by atoms with Crippen LogP contribution in [-0.2, 0) is 10.8 Å². The molecule has 0 fully saturated rings. The van der Waals surface area contributed by atoms with Crippen molar-refractivity contribution in [1.29, 1.82) is 0 Å². The average Bonchev–Trinajstić information content (AvgIpc) is 3.32. The van der Waals surface area contributed by atoms with Crippen molar-refractivity contribution in [2.75, 3.05) is 23.0 Å². The van der Waals surface area contributed by atoms with Crippen LogP contribution in [0.25, 0.3) is 10.1 Å². The molecule has 0 saturated carbocycles. The lowest BCUT2D eigenvalue weighted by molar-refractivity contribution is 0.296. The highest BCUT2D eigenvalue weighted by Gasteiger charge is 2.46. The number of fused-ring (bicyclic) bond motifs is 7. The smallest absolute Gasteiger partial charge is 0.254 e. The number of hydrogen-bond donors (Lipinski definition) is 0. The highest BCUT2D eigenvalue weighted by Crippen LogP contribution is 2.52. The lowest BCUT2D eigenvalue weighted by atomic mass is 9.33. The normalized spacial score (nSPS) is 14.9. The summed E-state index contributed by atoms with van der Waals surface area (Å²) >= 11 is 1.93. The van der Waals surface area contributed by atoms with Gasteiger partial charge < -0.3 is 19.3 Å². The van der Waals surface area contributed by atoms with E-state index < -0.39 is 0 Å². The maximum Gasteiger partial charge on any atom is 0.254 e. The molecule has 6 aromatic rings. The van der Waals surface area contributed by atoms with E-state index in [1.807, 2.05) is 11.3 Å². The summed E-state index contributed by atoms with van der Waals surface area (Å²) in [6.45, 7) is 26.6. The van der Waals surface area contributed by atoms with Crippen LogP contribution < -0.4 is 35.7 Å². The van der Waals surface area contributed by atoms with Crippen LogP contribution in [0, 0.1) is 34.6 Å². The van der Waals surface area contributed by atoms with Crippen molar-refractivity contribution >= 4 is 78.0 Å². The Hall–Kier alpha value is -4.68. The monoisotopic (exact) mass is 730 g/mol. The van der Waals surface area contributed by atoms with E-state index >= 15 is 0 Å². The number of anilines is 6.